The van der Waals surface area contributed by atoms with E-state index < -0.39 is 10.0 Å². The van der Waals surface area contributed by atoms with Gasteiger partial charge in [0.25, 0.3) is 0 Å². The van der Waals surface area contributed by atoms with Crippen LogP contribution in [0.2, 0.25) is 0 Å². The standard InChI is InChI=1S/C12H15N3O2S.ClH/c1-14-6-8-15(9-7-14)18(16,17)12-5-3-2-4-11(12)10-13;/h2-5H,6-9H2,1H3;1H. The van der Waals surface area contributed by atoms with Crippen LogP contribution >= 0.6 is 12.4 Å². The molecule has 1 saturated heterocycles. The molecule has 0 amide bonds. The highest BCUT2D eigenvalue weighted by Gasteiger charge is 2.29. The summed E-state index contributed by atoms with van der Waals surface area (Å²) in [7, 11) is -1.58. The van der Waals surface area contributed by atoms with Gasteiger partial charge in [-0.25, -0.2) is 8.42 Å². The molecule has 19 heavy (non-hydrogen) atoms. The second-order valence-corrected chi connectivity index (χ2v) is 6.22. The molecule has 7 heteroatoms. The molecule has 0 radical (unpaired) electrons. The van der Waals surface area contributed by atoms with E-state index in [0.29, 0.717) is 26.2 Å². The Balaban J connectivity index is 0.00000180. The van der Waals surface area contributed by atoms with E-state index in [1.54, 1.807) is 12.1 Å². The molecule has 5 nitrogen and oxygen atoms in total. The van der Waals surface area contributed by atoms with E-state index in [9.17, 15) is 8.42 Å². The highest BCUT2D eigenvalue weighted by Crippen LogP contribution is 2.20. The third-order valence-corrected chi connectivity index (χ3v) is 5.04. The lowest BCUT2D eigenvalue weighted by Gasteiger charge is -2.31. The van der Waals surface area contributed by atoms with Crippen molar-refractivity contribution in [3.8, 4) is 6.07 Å². The zero-order valence-electron chi connectivity index (χ0n) is 10.6. The lowest BCUT2D eigenvalue weighted by Crippen LogP contribution is -2.47. The van der Waals surface area contributed by atoms with Crippen molar-refractivity contribution in [3.63, 3.8) is 0 Å². The van der Waals surface area contributed by atoms with Gasteiger partial charge in [0.1, 0.15) is 6.07 Å². The predicted molar refractivity (Wildman–Crippen MR) is 74.7 cm³/mol. The van der Waals surface area contributed by atoms with Gasteiger partial charge in [-0.1, -0.05) is 12.1 Å². The molecular formula is C12H16ClN3O2S. The molecule has 0 saturated carbocycles. The van der Waals surface area contributed by atoms with Gasteiger partial charge in [-0.3, -0.25) is 0 Å². The number of nitrogens with zero attached hydrogens (tertiary/aromatic N) is 3. The molecule has 1 aliphatic heterocycles. The Kier molecular flexibility index (Phi) is 5.32. The highest BCUT2D eigenvalue weighted by atomic mass is 35.5. The van der Waals surface area contributed by atoms with Crippen molar-refractivity contribution in [1.29, 1.82) is 5.26 Å². The van der Waals surface area contributed by atoms with Gasteiger partial charge in [0.15, 0.2) is 0 Å². The first-order chi connectivity index (χ1) is 8.55. The van der Waals surface area contributed by atoms with Gasteiger partial charge in [-0.2, -0.15) is 9.57 Å². The van der Waals surface area contributed by atoms with Crippen LogP contribution in [0.5, 0.6) is 0 Å². The van der Waals surface area contributed by atoms with Crippen molar-refractivity contribution in [2.24, 2.45) is 0 Å². The summed E-state index contributed by atoms with van der Waals surface area (Å²) in [5.41, 5.74) is 0.205. The number of halogens is 1. The summed E-state index contributed by atoms with van der Waals surface area (Å²) in [6.45, 7) is 2.37. The molecule has 0 atom stereocenters. The first kappa shape index (κ1) is 15.9. The van der Waals surface area contributed by atoms with Crippen LogP contribution in [-0.2, 0) is 10.0 Å². The molecule has 0 N–H and O–H groups in total. The van der Waals surface area contributed by atoms with Crippen LogP contribution in [-0.4, -0.2) is 50.8 Å². The number of nitriles is 1. The zero-order valence-corrected chi connectivity index (χ0v) is 12.2. The second kappa shape index (κ2) is 6.35. The third kappa shape index (κ3) is 3.25. The van der Waals surface area contributed by atoms with E-state index >= 15 is 0 Å². The number of sulfonamides is 1. The van der Waals surface area contributed by atoms with Gasteiger partial charge in [0, 0.05) is 26.2 Å². The average Bonchev–Trinajstić information content (AvgIpc) is 2.39. The van der Waals surface area contributed by atoms with Crippen LogP contribution in [0.15, 0.2) is 29.2 Å². The van der Waals surface area contributed by atoms with E-state index in [0.717, 1.165) is 0 Å². The number of likely N-dealkylation sites (N-methyl/N-ethyl adjacent to an activating group) is 1. The summed E-state index contributed by atoms with van der Waals surface area (Å²) in [6.07, 6.45) is 0. The van der Waals surface area contributed by atoms with Crippen LogP contribution in [0.4, 0.5) is 0 Å². The van der Waals surface area contributed by atoms with Gasteiger partial charge in [0.2, 0.25) is 10.0 Å². The number of rotatable bonds is 2. The summed E-state index contributed by atoms with van der Waals surface area (Å²) < 4.78 is 26.3. The normalized spacial score (nSPS) is 17.5. The summed E-state index contributed by atoms with van der Waals surface area (Å²) in [5, 5.41) is 8.98. The summed E-state index contributed by atoms with van der Waals surface area (Å²) in [5.74, 6) is 0. The summed E-state index contributed by atoms with van der Waals surface area (Å²) in [4.78, 5) is 2.19. The Morgan fingerprint density at radius 1 is 1.16 bits per heavy atom. The Hall–Kier alpha value is -1.13. The Morgan fingerprint density at radius 3 is 2.32 bits per heavy atom. The smallest absolute Gasteiger partial charge is 0.244 e. The number of hydrogen-bond acceptors (Lipinski definition) is 4. The van der Waals surface area contributed by atoms with Crippen LogP contribution in [0.25, 0.3) is 0 Å². The maximum absolute atomic E-state index is 12.4. The molecule has 1 aliphatic rings. The highest BCUT2D eigenvalue weighted by molar-refractivity contribution is 7.89. The van der Waals surface area contributed by atoms with Crippen molar-refractivity contribution in [3.05, 3.63) is 29.8 Å². The fourth-order valence-corrected chi connectivity index (χ4v) is 3.52. The minimum Gasteiger partial charge on any atom is -0.304 e. The Labute approximate surface area is 119 Å². The minimum absolute atomic E-state index is 0. The van der Waals surface area contributed by atoms with E-state index in [4.69, 9.17) is 5.26 Å². The lowest BCUT2D eigenvalue weighted by molar-refractivity contribution is 0.222. The molecule has 0 aliphatic carbocycles. The van der Waals surface area contributed by atoms with E-state index in [2.05, 4.69) is 4.90 Å². The fraction of sp³-hybridized carbons (Fsp3) is 0.417. The van der Waals surface area contributed by atoms with Crippen LogP contribution in [0.1, 0.15) is 5.56 Å². The van der Waals surface area contributed by atoms with Crippen molar-refractivity contribution < 1.29 is 8.42 Å². The monoisotopic (exact) mass is 301 g/mol. The maximum atomic E-state index is 12.4. The molecule has 0 spiro atoms. The van der Waals surface area contributed by atoms with Crippen LogP contribution < -0.4 is 0 Å². The zero-order chi connectivity index (χ0) is 13.2. The first-order valence-electron chi connectivity index (χ1n) is 5.73. The van der Waals surface area contributed by atoms with Crippen molar-refractivity contribution in [2.75, 3.05) is 33.2 Å². The molecule has 1 heterocycles. The first-order valence-corrected chi connectivity index (χ1v) is 7.17. The summed E-state index contributed by atoms with van der Waals surface area (Å²) in [6, 6.07) is 8.27. The summed E-state index contributed by atoms with van der Waals surface area (Å²) >= 11 is 0. The second-order valence-electron chi connectivity index (χ2n) is 4.32. The van der Waals surface area contributed by atoms with Crippen molar-refractivity contribution in [2.45, 2.75) is 4.90 Å². The van der Waals surface area contributed by atoms with E-state index in [1.165, 1.54) is 16.4 Å². The Bertz CT molecular complexity index is 575. The maximum Gasteiger partial charge on any atom is 0.244 e. The largest absolute Gasteiger partial charge is 0.304 e. The van der Waals surface area contributed by atoms with Crippen molar-refractivity contribution in [1.82, 2.24) is 9.21 Å². The van der Waals surface area contributed by atoms with Crippen molar-refractivity contribution >= 4 is 22.4 Å². The molecule has 1 aromatic rings. The molecular weight excluding hydrogens is 286 g/mol. The Morgan fingerprint density at radius 2 is 1.74 bits per heavy atom. The van der Waals surface area contributed by atoms with Crippen LogP contribution in [0.3, 0.4) is 0 Å². The predicted octanol–water partition coefficient (Wildman–Crippen LogP) is 0.916. The van der Waals surface area contributed by atoms with Gasteiger partial charge in [-0.05, 0) is 19.2 Å². The van der Waals surface area contributed by atoms with E-state index in [-0.39, 0.29) is 22.9 Å². The van der Waals surface area contributed by atoms with Crippen LogP contribution in [0, 0.1) is 11.3 Å². The fourth-order valence-electron chi connectivity index (χ4n) is 1.95. The quantitative estimate of drug-likeness (QED) is 0.815. The number of piperazine rings is 1. The molecule has 0 aromatic heterocycles. The van der Waals surface area contributed by atoms with Gasteiger partial charge in [0.05, 0.1) is 10.5 Å². The lowest BCUT2D eigenvalue weighted by atomic mass is 10.2. The molecule has 0 bridgehead atoms. The SMILES string of the molecule is CN1CCN(S(=O)(=O)c2ccccc2C#N)CC1.Cl. The topological polar surface area (TPSA) is 64.4 Å². The van der Waals surface area contributed by atoms with Gasteiger partial charge < -0.3 is 4.90 Å². The van der Waals surface area contributed by atoms with Gasteiger partial charge in [-0.15, -0.1) is 12.4 Å². The number of hydrogen-bond donors (Lipinski definition) is 0. The molecule has 104 valence electrons. The molecule has 2 rings (SSSR count). The third-order valence-electron chi connectivity index (χ3n) is 3.09. The average molecular weight is 302 g/mol. The molecule has 1 fully saturated rings. The molecule has 0 unspecified atom stereocenters. The van der Waals surface area contributed by atoms with E-state index in [1.807, 2.05) is 13.1 Å². The molecule has 1 aromatic carbocycles. The van der Waals surface area contributed by atoms with Gasteiger partial charge >= 0.3 is 0 Å². The minimum atomic E-state index is -3.54. The number of benzene rings is 1.